The van der Waals surface area contributed by atoms with Gasteiger partial charge in [0, 0.05) is 43.6 Å². The van der Waals surface area contributed by atoms with E-state index in [1.807, 2.05) is 19.1 Å². The fourth-order valence-corrected chi connectivity index (χ4v) is 3.49. The van der Waals surface area contributed by atoms with E-state index >= 15 is 0 Å². The Morgan fingerprint density at radius 1 is 1.13 bits per heavy atom. The molecule has 1 heterocycles. The highest BCUT2D eigenvalue weighted by Crippen LogP contribution is 2.28. The van der Waals surface area contributed by atoms with Gasteiger partial charge in [0.05, 0.1) is 18.7 Å². The molecule has 7 heteroatoms. The first kappa shape index (κ1) is 21.5. The van der Waals surface area contributed by atoms with E-state index in [1.165, 1.54) is 12.8 Å². The molecule has 1 N–H and O–H groups in total. The van der Waals surface area contributed by atoms with Crippen molar-refractivity contribution in [2.24, 2.45) is 0 Å². The third-order valence-electron chi connectivity index (χ3n) is 5.32. The van der Waals surface area contributed by atoms with Gasteiger partial charge in [-0.25, -0.2) is 0 Å². The average Bonchev–Trinajstić information content (AvgIpc) is 2.79. The Bertz CT molecular complexity index is 931. The molecular formula is C23H28N4O3. The number of hydrogen-bond donors (Lipinski definition) is 1. The molecule has 30 heavy (non-hydrogen) atoms. The minimum atomic E-state index is -0.256. The molecule has 0 unspecified atom stereocenters. The SMILES string of the molecule is CCN1CCN(c2ccc(NC(=O)COc3ccc(C#N)cc3OC)c(C)c2)CC1. The number of anilines is 2. The maximum absolute atomic E-state index is 12.4. The van der Waals surface area contributed by atoms with Gasteiger partial charge < -0.3 is 24.6 Å². The van der Waals surface area contributed by atoms with E-state index in [0.29, 0.717) is 17.1 Å². The quantitative estimate of drug-likeness (QED) is 0.759. The van der Waals surface area contributed by atoms with Gasteiger partial charge in [-0.15, -0.1) is 0 Å². The molecule has 1 amide bonds. The Morgan fingerprint density at radius 3 is 2.53 bits per heavy atom. The summed E-state index contributed by atoms with van der Waals surface area (Å²) in [5.74, 6) is 0.587. The topological polar surface area (TPSA) is 77.8 Å². The number of nitrogens with one attached hydrogen (secondary N) is 1. The molecule has 0 aromatic heterocycles. The molecule has 7 nitrogen and oxygen atoms in total. The minimum absolute atomic E-state index is 0.150. The van der Waals surface area contributed by atoms with Crippen molar-refractivity contribution in [2.75, 3.05) is 56.7 Å². The Kier molecular flexibility index (Phi) is 7.15. The van der Waals surface area contributed by atoms with Crippen molar-refractivity contribution in [3.8, 4) is 17.6 Å². The Hall–Kier alpha value is -3.24. The van der Waals surface area contributed by atoms with Crippen LogP contribution in [0.25, 0.3) is 0 Å². The molecule has 0 atom stereocenters. The zero-order chi connectivity index (χ0) is 21.5. The number of nitriles is 1. The number of hydrogen-bond acceptors (Lipinski definition) is 6. The van der Waals surface area contributed by atoms with Gasteiger partial charge in [0.2, 0.25) is 0 Å². The van der Waals surface area contributed by atoms with Gasteiger partial charge in [-0.3, -0.25) is 4.79 Å². The third-order valence-corrected chi connectivity index (χ3v) is 5.32. The Labute approximate surface area is 177 Å². The molecule has 158 valence electrons. The lowest BCUT2D eigenvalue weighted by Gasteiger charge is -2.35. The van der Waals surface area contributed by atoms with E-state index in [1.54, 1.807) is 18.2 Å². The van der Waals surface area contributed by atoms with Crippen LogP contribution >= 0.6 is 0 Å². The smallest absolute Gasteiger partial charge is 0.262 e. The van der Waals surface area contributed by atoms with Crippen molar-refractivity contribution >= 4 is 17.3 Å². The van der Waals surface area contributed by atoms with Crippen LogP contribution in [0.3, 0.4) is 0 Å². The lowest BCUT2D eigenvalue weighted by atomic mass is 10.1. The molecule has 2 aromatic carbocycles. The van der Waals surface area contributed by atoms with Crippen molar-refractivity contribution < 1.29 is 14.3 Å². The molecule has 0 saturated carbocycles. The van der Waals surface area contributed by atoms with Crippen molar-refractivity contribution in [3.63, 3.8) is 0 Å². The molecule has 1 saturated heterocycles. The van der Waals surface area contributed by atoms with Gasteiger partial charge in [0.25, 0.3) is 5.91 Å². The highest BCUT2D eigenvalue weighted by Gasteiger charge is 2.17. The molecule has 3 rings (SSSR count). The number of nitrogens with zero attached hydrogens (tertiary/aromatic N) is 3. The summed E-state index contributed by atoms with van der Waals surface area (Å²) in [7, 11) is 1.50. The molecule has 0 radical (unpaired) electrons. The van der Waals surface area contributed by atoms with E-state index in [9.17, 15) is 4.79 Å². The second-order valence-electron chi connectivity index (χ2n) is 7.23. The third kappa shape index (κ3) is 5.22. The maximum Gasteiger partial charge on any atom is 0.262 e. The van der Waals surface area contributed by atoms with Crippen LogP contribution in [0.1, 0.15) is 18.1 Å². The summed E-state index contributed by atoms with van der Waals surface area (Å²) in [5.41, 5.74) is 3.43. The summed E-state index contributed by atoms with van der Waals surface area (Å²) < 4.78 is 10.8. The lowest BCUT2D eigenvalue weighted by molar-refractivity contribution is -0.118. The first-order chi connectivity index (χ1) is 14.5. The molecule has 1 fully saturated rings. The fraction of sp³-hybridized carbons (Fsp3) is 0.391. The number of carbonyl (C=O) groups excluding carboxylic acids is 1. The van der Waals surface area contributed by atoms with Gasteiger partial charge in [-0.2, -0.15) is 5.26 Å². The number of aryl methyl sites for hydroxylation is 1. The maximum atomic E-state index is 12.4. The second kappa shape index (κ2) is 9.99. The molecule has 1 aliphatic heterocycles. The van der Waals surface area contributed by atoms with Gasteiger partial charge in [-0.1, -0.05) is 6.92 Å². The summed E-state index contributed by atoms with van der Waals surface area (Å²) in [4.78, 5) is 17.2. The summed E-state index contributed by atoms with van der Waals surface area (Å²) in [6.07, 6.45) is 0. The fourth-order valence-electron chi connectivity index (χ4n) is 3.49. The predicted molar refractivity (Wildman–Crippen MR) is 117 cm³/mol. The molecular weight excluding hydrogens is 380 g/mol. The molecule has 2 aromatic rings. The first-order valence-corrected chi connectivity index (χ1v) is 10.1. The number of piperazine rings is 1. The number of rotatable bonds is 7. The minimum Gasteiger partial charge on any atom is -0.493 e. The normalized spacial score (nSPS) is 14.1. The number of carbonyl (C=O) groups is 1. The summed E-state index contributed by atoms with van der Waals surface area (Å²) in [6, 6.07) is 13.0. The Morgan fingerprint density at radius 2 is 1.90 bits per heavy atom. The van der Waals surface area contributed by atoms with Crippen molar-refractivity contribution in [2.45, 2.75) is 13.8 Å². The van der Waals surface area contributed by atoms with Gasteiger partial charge in [0.1, 0.15) is 0 Å². The van der Waals surface area contributed by atoms with Gasteiger partial charge >= 0.3 is 0 Å². The van der Waals surface area contributed by atoms with Gasteiger partial charge in [0.15, 0.2) is 18.1 Å². The largest absolute Gasteiger partial charge is 0.493 e. The summed E-state index contributed by atoms with van der Waals surface area (Å²) in [6.45, 7) is 9.30. The monoisotopic (exact) mass is 408 g/mol. The molecule has 0 spiro atoms. The zero-order valence-electron chi connectivity index (χ0n) is 17.8. The number of methoxy groups -OCH3 is 1. The number of amides is 1. The highest BCUT2D eigenvalue weighted by atomic mass is 16.5. The lowest BCUT2D eigenvalue weighted by Crippen LogP contribution is -2.46. The number of benzene rings is 2. The molecule has 1 aliphatic rings. The van der Waals surface area contributed by atoms with Crippen LogP contribution in [0, 0.1) is 18.3 Å². The van der Waals surface area contributed by atoms with Crippen LogP contribution < -0.4 is 19.7 Å². The summed E-state index contributed by atoms with van der Waals surface area (Å²) >= 11 is 0. The average molecular weight is 409 g/mol. The van der Waals surface area contributed by atoms with Crippen LogP contribution in [-0.4, -0.2) is 57.2 Å². The van der Waals surface area contributed by atoms with E-state index in [-0.39, 0.29) is 12.5 Å². The first-order valence-electron chi connectivity index (χ1n) is 10.1. The van der Waals surface area contributed by atoms with Crippen LogP contribution in [0.5, 0.6) is 11.5 Å². The van der Waals surface area contributed by atoms with Crippen LogP contribution in [-0.2, 0) is 4.79 Å². The highest BCUT2D eigenvalue weighted by molar-refractivity contribution is 5.93. The number of likely N-dealkylation sites (N-methyl/N-ethyl adjacent to an activating group) is 1. The number of ether oxygens (including phenoxy) is 2. The Balaban J connectivity index is 1.57. The zero-order valence-corrected chi connectivity index (χ0v) is 17.8. The second-order valence-corrected chi connectivity index (χ2v) is 7.23. The van der Waals surface area contributed by atoms with Crippen molar-refractivity contribution in [1.82, 2.24) is 4.90 Å². The molecule has 0 aliphatic carbocycles. The predicted octanol–water partition coefficient (Wildman–Crippen LogP) is 3.03. The van der Waals surface area contributed by atoms with Gasteiger partial charge in [-0.05, 0) is 49.4 Å². The van der Waals surface area contributed by atoms with E-state index in [0.717, 1.165) is 44.0 Å². The van der Waals surface area contributed by atoms with Crippen LogP contribution in [0.4, 0.5) is 11.4 Å². The van der Waals surface area contributed by atoms with Crippen molar-refractivity contribution in [3.05, 3.63) is 47.5 Å². The standard InChI is InChI=1S/C23H28N4O3/c1-4-26-9-11-27(12-10-26)19-6-7-20(17(2)13-19)25-23(28)16-30-21-8-5-18(15-24)14-22(21)29-3/h5-8,13-14H,4,9-12,16H2,1-3H3,(H,25,28). The van der Waals surface area contributed by atoms with E-state index in [2.05, 4.69) is 34.2 Å². The van der Waals surface area contributed by atoms with Crippen molar-refractivity contribution in [1.29, 1.82) is 5.26 Å². The van der Waals surface area contributed by atoms with E-state index < -0.39 is 0 Å². The summed E-state index contributed by atoms with van der Waals surface area (Å²) in [5, 5.41) is 11.9. The van der Waals surface area contributed by atoms with Crippen LogP contribution in [0.2, 0.25) is 0 Å². The molecule has 0 bridgehead atoms. The van der Waals surface area contributed by atoms with Crippen LogP contribution in [0.15, 0.2) is 36.4 Å². The van der Waals surface area contributed by atoms with E-state index in [4.69, 9.17) is 14.7 Å².